The Bertz CT molecular complexity index is 1860. The number of hydrogen-bond acceptors (Lipinski definition) is 4. The first-order chi connectivity index (χ1) is 24.1. The maximum atomic E-state index is 13.9. The number of ether oxygens (including phenoxy) is 3. The van der Waals surface area contributed by atoms with Crippen LogP contribution in [-0.4, -0.2) is 25.8 Å². The number of rotatable bonds is 5. The minimum Gasteiger partial charge on any atom is -0.496 e. The number of fused-ring (bicyclic) bond motifs is 4. The van der Waals surface area contributed by atoms with Crippen molar-refractivity contribution < 1.29 is 19.0 Å². The minimum atomic E-state index is -1.12. The third-order valence-corrected chi connectivity index (χ3v) is 14.0. The van der Waals surface area contributed by atoms with Gasteiger partial charge in [-0.05, 0) is 88.1 Å². The maximum Gasteiger partial charge on any atom is 0.312 e. The van der Waals surface area contributed by atoms with Gasteiger partial charge in [0.2, 0.25) is 0 Å². The van der Waals surface area contributed by atoms with E-state index in [1.54, 1.807) is 0 Å². The van der Waals surface area contributed by atoms with E-state index in [1.165, 1.54) is 44.0 Å². The van der Waals surface area contributed by atoms with Gasteiger partial charge >= 0.3 is 5.97 Å². The lowest BCUT2D eigenvalue weighted by molar-refractivity contribution is -0.136. The van der Waals surface area contributed by atoms with Gasteiger partial charge in [-0.15, -0.1) is 0 Å². The van der Waals surface area contributed by atoms with Crippen LogP contribution in [0, 0.1) is 0 Å². The summed E-state index contributed by atoms with van der Waals surface area (Å²) in [5.41, 5.74) is 7.30. The van der Waals surface area contributed by atoms with Crippen LogP contribution < -0.4 is 24.8 Å². The molecule has 4 aromatic carbocycles. The van der Waals surface area contributed by atoms with Crippen LogP contribution in [-0.2, 0) is 38.3 Å². The zero-order valence-corrected chi connectivity index (χ0v) is 34.9. The lowest BCUT2D eigenvalue weighted by Crippen LogP contribution is -2.45. The fourth-order valence-electron chi connectivity index (χ4n) is 8.63. The number of hydrogen-bond donors (Lipinski definition) is 0. The number of carbonyl (C=O) groups excluding carboxylic acids is 1. The smallest absolute Gasteiger partial charge is 0.312 e. The Morgan fingerprint density at radius 1 is 0.615 bits per heavy atom. The van der Waals surface area contributed by atoms with Gasteiger partial charge in [0.1, 0.15) is 17.2 Å². The molecule has 4 aromatic rings. The molecule has 0 N–H and O–H groups in total. The van der Waals surface area contributed by atoms with Crippen molar-refractivity contribution in [1.29, 1.82) is 0 Å². The molecule has 0 saturated carbocycles. The van der Waals surface area contributed by atoms with E-state index in [4.69, 9.17) is 14.2 Å². The van der Waals surface area contributed by atoms with E-state index >= 15 is 0 Å². The quantitative estimate of drug-likeness (QED) is 0.117. The van der Waals surface area contributed by atoms with Crippen molar-refractivity contribution >= 4 is 24.5 Å². The number of carbonyl (C=O) groups is 1. The molecule has 0 aromatic heterocycles. The molecule has 276 valence electrons. The molecular formula is C47H59O4P. The minimum absolute atomic E-state index is 0.0666. The zero-order valence-electron chi connectivity index (χ0n) is 34.0. The molecule has 0 bridgehead atoms. The molecule has 0 amide bonds. The largest absolute Gasteiger partial charge is 0.496 e. The molecule has 0 fully saturated rings. The Balaban J connectivity index is 1.80. The Morgan fingerprint density at radius 2 is 1.02 bits per heavy atom. The van der Waals surface area contributed by atoms with Gasteiger partial charge in [0.05, 0.1) is 20.6 Å². The van der Waals surface area contributed by atoms with Gasteiger partial charge in [-0.3, -0.25) is 4.79 Å². The van der Waals surface area contributed by atoms with Crippen LogP contribution in [0.4, 0.5) is 0 Å². The lowest BCUT2D eigenvalue weighted by Gasteiger charge is -2.44. The fourth-order valence-corrected chi connectivity index (χ4v) is 11.9. The summed E-state index contributed by atoms with van der Waals surface area (Å²) < 4.78 is 18.6. The normalized spacial score (nSPS) is 19.1. The molecule has 0 radical (unpaired) electrons. The maximum absolute atomic E-state index is 13.9. The van der Waals surface area contributed by atoms with Crippen molar-refractivity contribution in [3.8, 4) is 17.2 Å². The second kappa shape index (κ2) is 13.0. The zero-order chi connectivity index (χ0) is 38.2. The van der Waals surface area contributed by atoms with Crippen LogP contribution in [0.25, 0.3) is 0 Å². The summed E-state index contributed by atoms with van der Waals surface area (Å²) in [4.78, 5) is 13.9. The molecule has 52 heavy (non-hydrogen) atoms. The summed E-state index contributed by atoms with van der Waals surface area (Å²) >= 11 is 0. The van der Waals surface area contributed by atoms with E-state index in [9.17, 15) is 4.79 Å². The van der Waals surface area contributed by atoms with Crippen LogP contribution in [0.15, 0.2) is 72.8 Å². The summed E-state index contributed by atoms with van der Waals surface area (Å²) in [7, 11) is 2.50. The molecule has 1 aliphatic carbocycles. The average molecular weight is 719 g/mol. The molecule has 1 aliphatic heterocycles. The molecule has 4 nitrogen and oxygen atoms in total. The van der Waals surface area contributed by atoms with E-state index in [0.717, 1.165) is 23.5 Å². The third kappa shape index (κ3) is 6.48. The summed E-state index contributed by atoms with van der Waals surface area (Å²) in [5, 5.41) is 2.62. The second-order valence-electron chi connectivity index (χ2n) is 19.0. The van der Waals surface area contributed by atoms with Gasteiger partial charge in [0.25, 0.3) is 0 Å². The number of esters is 1. The van der Waals surface area contributed by atoms with E-state index in [2.05, 4.69) is 144 Å². The molecule has 2 unspecified atom stereocenters. The molecule has 5 heteroatoms. The fraction of sp³-hybridized carbons (Fsp3) is 0.468. The van der Waals surface area contributed by atoms with Gasteiger partial charge < -0.3 is 14.2 Å². The van der Waals surface area contributed by atoms with Crippen molar-refractivity contribution in [3.05, 3.63) is 112 Å². The van der Waals surface area contributed by atoms with Crippen LogP contribution in [0.5, 0.6) is 17.2 Å². The van der Waals surface area contributed by atoms with Crippen LogP contribution >= 0.6 is 7.92 Å². The van der Waals surface area contributed by atoms with Gasteiger partial charge in [0.15, 0.2) is 0 Å². The summed E-state index contributed by atoms with van der Waals surface area (Å²) in [6.07, 6.45) is 1.15. The predicted octanol–water partition coefficient (Wildman–Crippen LogP) is 10.5. The van der Waals surface area contributed by atoms with E-state index in [-0.39, 0.29) is 33.3 Å². The van der Waals surface area contributed by atoms with Crippen molar-refractivity contribution in [3.63, 3.8) is 0 Å². The van der Waals surface area contributed by atoms with Gasteiger partial charge in [0, 0.05) is 38.9 Å². The van der Waals surface area contributed by atoms with Gasteiger partial charge in [-0.2, -0.15) is 0 Å². The van der Waals surface area contributed by atoms with E-state index < -0.39 is 13.3 Å². The Labute approximate surface area is 314 Å². The molecule has 0 saturated heterocycles. The Morgan fingerprint density at radius 3 is 1.44 bits per heavy atom. The van der Waals surface area contributed by atoms with Gasteiger partial charge in [-0.25, -0.2) is 0 Å². The summed E-state index contributed by atoms with van der Waals surface area (Å²) in [6, 6.07) is 26.9. The monoisotopic (exact) mass is 718 g/mol. The van der Waals surface area contributed by atoms with Crippen LogP contribution in [0.3, 0.4) is 0 Å². The highest BCUT2D eigenvalue weighted by Crippen LogP contribution is 2.63. The van der Waals surface area contributed by atoms with E-state index in [1.807, 2.05) is 26.4 Å². The highest BCUT2D eigenvalue weighted by molar-refractivity contribution is 7.73. The standard InChI is InChI=1S/C47H59O4P/c1-43(2,3)34-24-30(25-35(41(34)49-13)44(4,5)6)52(31-26-36(45(7,8)9)42(50-14)37(27-31)46(10,11)12)39-23-29-19-15-16-20-32(29)47(39)28-40(48)51-38-22-18-17-21-33(38)47/h15-22,24-27,39H,23,28H2,1-14H3. The predicted molar refractivity (Wildman–Crippen MR) is 218 cm³/mol. The van der Waals surface area contributed by atoms with Crippen molar-refractivity contribution in [2.24, 2.45) is 0 Å². The molecule has 1 heterocycles. The first-order valence-corrected chi connectivity index (χ1v) is 20.2. The second-order valence-corrected chi connectivity index (χ2v) is 21.4. The number of methoxy groups -OCH3 is 2. The lowest BCUT2D eigenvalue weighted by atomic mass is 9.71. The van der Waals surface area contributed by atoms with Gasteiger partial charge in [-0.1, -0.05) is 126 Å². The van der Waals surface area contributed by atoms with Crippen LogP contribution in [0.2, 0.25) is 0 Å². The molecular weight excluding hydrogens is 659 g/mol. The molecule has 6 rings (SSSR count). The Kier molecular flexibility index (Phi) is 9.56. The topological polar surface area (TPSA) is 44.8 Å². The van der Waals surface area contributed by atoms with Crippen molar-refractivity contribution in [1.82, 2.24) is 0 Å². The first kappa shape index (κ1) is 38.1. The average Bonchev–Trinajstić information content (AvgIpc) is 3.35. The van der Waals surface area contributed by atoms with Crippen molar-refractivity contribution in [2.45, 2.75) is 129 Å². The third-order valence-electron chi connectivity index (χ3n) is 11.2. The number of benzene rings is 4. The van der Waals surface area contributed by atoms with E-state index in [0.29, 0.717) is 12.2 Å². The first-order valence-electron chi connectivity index (χ1n) is 18.8. The molecule has 1 spiro atoms. The Hall–Kier alpha value is -3.62. The highest BCUT2D eigenvalue weighted by Gasteiger charge is 2.56. The number of para-hydroxylation sites is 1. The van der Waals surface area contributed by atoms with Crippen LogP contribution in [0.1, 0.15) is 128 Å². The summed E-state index contributed by atoms with van der Waals surface area (Å²) in [5.74, 6) is 2.44. The van der Waals surface area contributed by atoms with Crippen molar-refractivity contribution in [2.75, 3.05) is 14.2 Å². The molecule has 2 aliphatic rings. The molecule has 2 atom stereocenters. The summed E-state index contributed by atoms with van der Waals surface area (Å²) in [6.45, 7) is 27.4. The SMILES string of the molecule is COc1c(C(C)(C)C)cc(P(c2cc(C(C)(C)C)c(OC)c(C(C)(C)C)c2)C2Cc3ccccc3C23CC(=O)Oc2ccccc23)cc1C(C)(C)C. The highest BCUT2D eigenvalue weighted by atomic mass is 31.1.